The van der Waals surface area contributed by atoms with Gasteiger partial charge in [0.15, 0.2) is 5.65 Å². The number of aryl methyl sites for hydroxylation is 4. The van der Waals surface area contributed by atoms with Crippen LogP contribution in [0.2, 0.25) is 0 Å². The third kappa shape index (κ3) is 4.87. The van der Waals surface area contributed by atoms with E-state index in [1.165, 1.54) is 24.3 Å². The van der Waals surface area contributed by atoms with Crippen molar-refractivity contribution < 1.29 is 13.2 Å². The topological polar surface area (TPSA) is 120 Å². The summed E-state index contributed by atoms with van der Waals surface area (Å²) in [6.45, 7) is 3.31. The minimum absolute atomic E-state index is 0.00520. The van der Waals surface area contributed by atoms with Gasteiger partial charge in [-0.1, -0.05) is 18.2 Å². The van der Waals surface area contributed by atoms with E-state index in [9.17, 15) is 13.6 Å². The second-order valence-corrected chi connectivity index (χ2v) is 11.7. The smallest absolute Gasteiger partial charge is 0.276 e. The molecular formula is C35H26F2N8O2. The molecule has 232 valence electrons. The molecule has 0 atom stereocenters. The van der Waals surface area contributed by atoms with Crippen molar-refractivity contribution in [3.63, 3.8) is 0 Å². The Morgan fingerprint density at radius 3 is 2.51 bits per heavy atom. The molecule has 0 bridgehead atoms. The minimum atomic E-state index is -0.566. The van der Waals surface area contributed by atoms with Gasteiger partial charge in [0.1, 0.15) is 23.4 Å². The van der Waals surface area contributed by atoms with Gasteiger partial charge in [0, 0.05) is 55.5 Å². The van der Waals surface area contributed by atoms with E-state index in [1.54, 1.807) is 36.0 Å². The van der Waals surface area contributed by atoms with Crippen LogP contribution in [0.25, 0.3) is 44.6 Å². The van der Waals surface area contributed by atoms with Crippen molar-refractivity contribution in [1.82, 2.24) is 34.1 Å². The van der Waals surface area contributed by atoms with Gasteiger partial charge in [-0.25, -0.2) is 23.4 Å². The largest absolute Gasteiger partial charge is 0.421 e. The number of fused-ring (bicyclic) bond motifs is 4. The molecule has 0 radical (unpaired) electrons. The van der Waals surface area contributed by atoms with Crippen molar-refractivity contribution in [1.29, 1.82) is 5.26 Å². The van der Waals surface area contributed by atoms with Crippen LogP contribution < -0.4 is 5.56 Å². The molecule has 0 unspecified atom stereocenters. The Hall–Kier alpha value is -5.96. The summed E-state index contributed by atoms with van der Waals surface area (Å²) in [6.07, 6.45) is 5.47. The van der Waals surface area contributed by atoms with Gasteiger partial charge < -0.3 is 8.98 Å². The first-order valence-electron chi connectivity index (χ1n) is 15.2. The van der Waals surface area contributed by atoms with Gasteiger partial charge in [0.05, 0.1) is 22.2 Å². The van der Waals surface area contributed by atoms with Gasteiger partial charge in [-0.05, 0) is 66.8 Å². The van der Waals surface area contributed by atoms with E-state index in [-0.39, 0.29) is 22.8 Å². The fourth-order valence-corrected chi connectivity index (χ4v) is 6.48. The molecule has 1 aliphatic heterocycles. The van der Waals surface area contributed by atoms with E-state index in [0.29, 0.717) is 83.0 Å². The molecule has 12 heteroatoms. The van der Waals surface area contributed by atoms with Crippen LogP contribution in [-0.2, 0) is 32.5 Å². The standard InChI is InChI=1S/C35H26F2N8O2/c1-20-41-42-34(47-20)30-28(10-6-21-4-8-26(36)9-5-21)40-33-31(35(46)45-13-2-12-44(33)45)29(30)25-16-23-11-14-43(32(23)39-18-25)19-22-3-7-24(17-38)27(37)15-22/h3-5,7-9,11,14-16,18H,2,6,10,12-13,19H2,1H3. The number of hydrogen-bond donors (Lipinski definition) is 0. The van der Waals surface area contributed by atoms with Crippen LogP contribution in [0.1, 0.15) is 34.7 Å². The number of aromatic nitrogens is 7. The Bertz CT molecular complexity index is 2450. The first-order valence-corrected chi connectivity index (χ1v) is 15.2. The lowest BCUT2D eigenvalue weighted by Crippen LogP contribution is -2.16. The molecule has 7 aromatic rings. The first kappa shape index (κ1) is 28.5. The highest BCUT2D eigenvalue weighted by atomic mass is 19.1. The Morgan fingerprint density at radius 1 is 0.936 bits per heavy atom. The van der Waals surface area contributed by atoms with Crippen LogP contribution in [0, 0.1) is 29.9 Å². The first-order chi connectivity index (χ1) is 22.9. The Kier molecular flexibility index (Phi) is 6.75. The summed E-state index contributed by atoms with van der Waals surface area (Å²) in [4.78, 5) is 23.9. The van der Waals surface area contributed by atoms with Crippen molar-refractivity contribution in [3.05, 3.63) is 117 Å². The SMILES string of the molecule is Cc1nnc(-c2c(CCc3ccc(F)cc3)nc3c(c2-c2cnc4c(ccn4Cc4ccc(C#N)c(F)c4)c2)c(=O)n2n3CCC2)o1. The van der Waals surface area contributed by atoms with E-state index in [2.05, 4.69) is 10.2 Å². The monoisotopic (exact) mass is 628 g/mol. The van der Waals surface area contributed by atoms with Crippen LogP contribution >= 0.6 is 0 Å². The van der Waals surface area contributed by atoms with Gasteiger partial charge in [-0.2, -0.15) is 5.26 Å². The molecule has 0 saturated heterocycles. The predicted molar refractivity (Wildman–Crippen MR) is 169 cm³/mol. The number of nitriles is 1. The molecule has 8 rings (SSSR count). The predicted octanol–water partition coefficient (Wildman–Crippen LogP) is 5.96. The number of rotatable bonds is 7. The van der Waals surface area contributed by atoms with E-state index in [1.807, 2.05) is 33.6 Å². The molecule has 0 aliphatic carbocycles. The zero-order valence-electron chi connectivity index (χ0n) is 25.2. The molecule has 1 aliphatic rings. The van der Waals surface area contributed by atoms with E-state index < -0.39 is 5.82 Å². The molecule has 0 amide bonds. The number of nitrogens with zero attached hydrogens (tertiary/aromatic N) is 8. The van der Waals surface area contributed by atoms with E-state index >= 15 is 0 Å². The Morgan fingerprint density at radius 2 is 1.74 bits per heavy atom. The fourth-order valence-electron chi connectivity index (χ4n) is 6.48. The molecule has 0 spiro atoms. The van der Waals surface area contributed by atoms with Crippen molar-refractivity contribution in [3.8, 4) is 28.7 Å². The van der Waals surface area contributed by atoms with Gasteiger partial charge in [-0.3, -0.25) is 9.48 Å². The molecule has 0 fully saturated rings. The quantitative estimate of drug-likeness (QED) is 0.214. The molecule has 5 aromatic heterocycles. The van der Waals surface area contributed by atoms with Crippen LogP contribution in [0.5, 0.6) is 0 Å². The summed E-state index contributed by atoms with van der Waals surface area (Å²) >= 11 is 0. The van der Waals surface area contributed by atoms with Gasteiger partial charge in [0.25, 0.3) is 5.56 Å². The summed E-state index contributed by atoms with van der Waals surface area (Å²) in [5, 5.41) is 18.8. The van der Waals surface area contributed by atoms with Crippen LogP contribution in [0.4, 0.5) is 8.78 Å². The lowest BCUT2D eigenvalue weighted by atomic mass is 9.94. The average Bonchev–Trinajstić information content (AvgIpc) is 3.87. The van der Waals surface area contributed by atoms with E-state index in [4.69, 9.17) is 19.6 Å². The zero-order chi connectivity index (χ0) is 32.2. The van der Waals surface area contributed by atoms with Crippen molar-refractivity contribution in [2.45, 2.75) is 45.8 Å². The van der Waals surface area contributed by atoms with Crippen molar-refractivity contribution in [2.75, 3.05) is 0 Å². The van der Waals surface area contributed by atoms with Crippen LogP contribution in [0.3, 0.4) is 0 Å². The maximum absolute atomic E-state index is 14.3. The summed E-state index contributed by atoms with van der Waals surface area (Å²) in [5.74, 6) is -0.251. The molecule has 0 N–H and O–H groups in total. The van der Waals surface area contributed by atoms with Gasteiger partial charge in [-0.15, -0.1) is 10.2 Å². The lowest BCUT2D eigenvalue weighted by Gasteiger charge is -2.14. The van der Waals surface area contributed by atoms with Crippen LogP contribution in [0.15, 0.2) is 76.2 Å². The summed E-state index contributed by atoms with van der Waals surface area (Å²) in [5.41, 5.74) is 5.27. The fraction of sp³-hybridized carbons (Fsp3) is 0.200. The maximum atomic E-state index is 14.3. The normalized spacial score (nSPS) is 12.6. The third-order valence-electron chi connectivity index (χ3n) is 8.68. The number of pyridine rings is 2. The second-order valence-electron chi connectivity index (χ2n) is 11.7. The zero-order valence-corrected chi connectivity index (χ0v) is 25.2. The molecule has 47 heavy (non-hydrogen) atoms. The molecular weight excluding hydrogens is 602 g/mol. The molecule has 0 saturated carbocycles. The number of halogens is 2. The molecule has 6 heterocycles. The summed E-state index contributed by atoms with van der Waals surface area (Å²) in [7, 11) is 0. The summed E-state index contributed by atoms with van der Waals surface area (Å²) < 4.78 is 39.5. The van der Waals surface area contributed by atoms with E-state index in [0.717, 1.165) is 17.4 Å². The Labute approximate surface area is 266 Å². The lowest BCUT2D eigenvalue weighted by molar-refractivity contribution is 0.532. The second kappa shape index (κ2) is 11.1. The van der Waals surface area contributed by atoms with Gasteiger partial charge in [0.2, 0.25) is 11.8 Å². The number of benzene rings is 2. The van der Waals surface area contributed by atoms with Crippen molar-refractivity contribution in [2.24, 2.45) is 0 Å². The highest BCUT2D eigenvalue weighted by Crippen LogP contribution is 2.40. The summed E-state index contributed by atoms with van der Waals surface area (Å²) in [6, 6.07) is 16.7. The van der Waals surface area contributed by atoms with Gasteiger partial charge >= 0.3 is 0 Å². The highest BCUT2D eigenvalue weighted by Gasteiger charge is 2.29. The minimum Gasteiger partial charge on any atom is -0.421 e. The third-order valence-corrected chi connectivity index (χ3v) is 8.68. The average molecular weight is 629 g/mol. The highest BCUT2D eigenvalue weighted by molar-refractivity contribution is 6.02. The number of hydrogen-bond acceptors (Lipinski definition) is 7. The van der Waals surface area contributed by atoms with Crippen molar-refractivity contribution >= 4 is 22.1 Å². The maximum Gasteiger partial charge on any atom is 0.276 e. The van der Waals surface area contributed by atoms with Crippen LogP contribution in [-0.4, -0.2) is 34.1 Å². The molecule has 2 aromatic carbocycles. The Balaban J connectivity index is 1.30. The molecule has 10 nitrogen and oxygen atoms in total.